The number of hydrogen-bond acceptors (Lipinski definition) is 4. The summed E-state index contributed by atoms with van der Waals surface area (Å²) in [6.07, 6.45) is -0.196. The van der Waals surface area contributed by atoms with Crippen molar-refractivity contribution in [2.24, 2.45) is 5.73 Å². The fourth-order valence-electron chi connectivity index (χ4n) is 1.41. The number of nitrogens with two attached hydrogens (primary N) is 1. The Bertz CT molecular complexity index is 419. The van der Waals surface area contributed by atoms with E-state index >= 15 is 0 Å². The van der Waals surface area contributed by atoms with E-state index in [9.17, 15) is 9.18 Å². The molecule has 0 fully saturated rings. The molecule has 4 nitrogen and oxygen atoms in total. The molecule has 0 amide bonds. The molecule has 0 heterocycles. The van der Waals surface area contributed by atoms with E-state index in [4.69, 9.17) is 15.2 Å². The second kappa shape index (κ2) is 6.35. The Balaban J connectivity index is 2.59. The molecule has 1 aromatic carbocycles. The van der Waals surface area contributed by atoms with Crippen molar-refractivity contribution >= 4 is 5.97 Å². The van der Waals surface area contributed by atoms with Crippen molar-refractivity contribution in [2.75, 3.05) is 6.61 Å². The van der Waals surface area contributed by atoms with Crippen molar-refractivity contribution in [3.63, 3.8) is 0 Å². The first-order chi connectivity index (χ1) is 8.40. The highest BCUT2D eigenvalue weighted by atomic mass is 19.1. The Morgan fingerprint density at radius 1 is 1.39 bits per heavy atom. The summed E-state index contributed by atoms with van der Waals surface area (Å²) in [4.78, 5) is 11.2. The fraction of sp³-hybridized carbons (Fsp3) is 0.462. The molecule has 1 aromatic rings. The van der Waals surface area contributed by atoms with Gasteiger partial charge in [-0.25, -0.2) is 9.18 Å². The second-order valence-corrected chi connectivity index (χ2v) is 4.30. The van der Waals surface area contributed by atoms with Gasteiger partial charge in [-0.05, 0) is 26.8 Å². The van der Waals surface area contributed by atoms with Gasteiger partial charge in [0.25, 0.3) is 0 Å². The molecule has 0 saturated heterocycles. The van der Waals surface area contributed by atoms with Gasteiger partial charge in [0.1, 0.15) is 11.6 Å². The minimum Gasteiger partial charge on any atom is -0.482 e. The first-order valence-electron chi connectivity index (χ1n) is 5.77. The Morgan fingerprint density at radius 2 is 2.06 bits per heavy atom. The molecule has 0 aliphatic rings. The Kier molecular flexibility index (Phi) is 5.09. The summed E-state index contributed by atoms with van der Waals surface area (Å²) in [5.74, 6) is -0.654. The maximum absolute atomic E-state index is 13.6. The van der Waals surface area contributed by atoms with E-state index < -0.39 is 11.8 Å². The first-order valence-corrected chi connectivity index (χ1v) is 5.77. The summed E-state index contributed by atoms with van der Waals surface area (Å²) in [7, 11) is 0. The van der Waals surface area contributed by atoms with Crippen LogP contribution in [0.25, 0.3) is 0 Å². The number of rotatable bonds is 5. The summed E-state index contributed by atoms with van der Waals surface area (Å²) >= 11 is 0. The molecule has 1 rings (SSSR count). The summed E-state index contributed by atoms with van der Waals surface area (Å²) in [6, 6.07) is 3.94. The zero-order valence-electron chi connectivity index (χ0n) is 10.8. The second-order valence-electron chi connectivity index (χ2n) is 4.30. The molecule has 0 aromatic heterocycles. The van der Waals surface area contributed by atoms with Gasteiger partial charge in [0.2, 0.25) is 0 Å². The van der Waals surface area contributed by atoms with Crippen molar-refractivity contribution in [1.29, 1.82) is 0 Å². The van der Waals surface area contributed by atoms with Crippen LogP contribution in [0.5, 0.6) is 5.75 Å². The van der Waals surface area contributed by atoms with E-state index in [1.807, 2.05) is 0 Å². The molecule has 5 heteroatoms. The molecular weight excluding hydrogens is 237 g/mol. The van der Waals surface area contributed by atoms with Crippen LogP contribution in [0, 0.1) is 5.82 Å². The lowest BCUT2D eigenvalue weighted by molar-refractivity contribution is -0.149. The van der Waals surface area contributed by atoms with Crippen LogP contribution in [-0.4, -0.2) is 18.7 Å². The summed E-state index contributed by atoms with van der Waals surface area (Å²) < 4.78 is 23.6. The number of esters is 1. The van der Waals surface area contributed by atoms with E-state index in [1.165, 1.54) is 6.07 Å². The lowest BCUT2D eigenvalue weighted by Gasteiger charge is -2.11. The minimum atomic E-state index is -0.485. The summed E-state index contributed by atoms with van der Waals surface area (Å²) in [6.45, 7) is 4.94. The lowest BCUT2D eigenvalue weighted by atomic mass is 10.1. The third kappa shape index (κ3) is 4.33. The number of carbonyl (C=O) groups is 1. The van der Waals surface area contributed by atoms with Crippen molar-refractivity contribution in [3.05, 3.63) is 29.6 Å². The van der Waals surface area contributed by atoms with Gasteiger partial charge in [0.05, 0.1) is 6.10 Å². The third-order valence-electron chi connectivity index (χ3n) is 2.19. The molecule has 0 aliphatic carbocycles. The first kappa shape index (κ1) is 14.4. The molecule has 100 valence electrons. The monoisotopic (exact) mass is 255 g/mol. The molecule has 0 bridgehead atoms. The predicted molar refractivity (Wildman–Crippen MR) is 65.7 cm³/mol. The van der Waals surface area contributed by atoms with Crippen LogP contribution in [-0.2, 0) is 9.53 Å². The van der Waals surface area contributed by atoms with Crippen LogP contribution in [0.1, 0.15) is 32.4 Å². The van der Waals surface area contributed by atoms with Crippen molar-refractivity contribution < 1.29 is 18.7 Å². The molecule has 0 spiro atoms. The van der Waals surface area contributed by atoms with Crippen LogP contribution < -0.4 is 10.5 Å². The Morgan fingerprint density at radius 3 is 2.56 bits per heavy atom. The summed E-state index contributed by atoms with van der Waals surface area (Å²) in [5.41, 5.74) is 6.00. The van der Waals surface area contributed by atoms with Crippen molar-refractivity contribution in [1.82, 2.24) is 0 Å². The zero-order chi connectivity index (χ0) is 13.7. The average molecular weight is 255 g/mol. The van der Waals surface area contributed by atoms with E-state index in [0.717, 1.165) is 0 Å². The van der Waals surface area contributed by atoms with Crippen molar-refractivity contribution in [3.8, 4) is 5.75 Å². The van der Waals surface area contributed by atoms with E-state index in [-0.39, 0.29) is 24.5 Å². The maximum Gasteiger partial charge on any atom is 0.344 e. The Labute approximate surface area is 106 Å². The quantitative estimate of drug-likeness (QED) is 0.819. The van der Waals surface area contributed by atoms with Crippen molar-refractivity contribution in [2.45, 2.75) is 32.9 Å². The standard InChI is InChI=1S/C13H18FNO3/c1-8(2)18-13(16)7-17-10-4-5-11(9(3)15)12(14)6-10/h4-6,8-9H,7,15H2,1-3H3. The SMILES string of the molecule is CC(C)OC(=O)COc1ccc(C(C)N)c(F)c1. The van der Waals surface area contributed by atoms with E-state index in [0.29, 0.717) is 5.56 Å². The van der Waals surface area contributed by atoms with Crippen LogP contribution in [0.15, 0.2) is 18.2 Å². The van der Waals surface area contributed by atoms with Gasteiger partial charge < -0.3 is 15.2 Å². The highest BCUT2D eigenvalue weighted by Crippen LogP contribution is 2.20. The number of ether oxygens (including phenoxy) is 2. The van der Waals surface area contributed by atoms with Gasteiger partial charge in [-0.1, -0.05) is 6.07 Å². The molecule has 0 aliphatic heterocycles. The number of carbonyl (C=O) groups excluding carboxylic acids is 1. The highest BCUT2D eigenvalue weighted by Gasteiger charge is 2.10. The number of benzene rings is 1. The third-order valence-corrected chi connectivity index (χ3v) is 2.19. The van der Waals surface area contributed by atoms with Gasteiger partial charge >= 0.3 is 5.97 Å². The molecule has 0 radical (unpaired) electrons. The molecule has 1 unspecified atom stereocenters. The smallest absolute Gasteiger partial charge is 0.344 e. The summed E-state index contributed by atoms with van der Waals surface area (Å²) in [5, 5.41) is 0. The number of hydrogen-bond donors (Lipinski definition) is 1. The number of halogens is 1. The maximum atomic E-state index is 13.6. The van der Waals surface area contributed by atoms with Crippen LogP contribution in [0.2, 0.25) is 0 Å². The zero-order valence-corrected chi connectivity index (χ0v) is 10.8. The van der Waals surface area contributed by atoms with Gasteiger partial charge in [-0.15, -0.1) is 0 Å². The van der Waals surface area contributed by atoms with Crippen LogP contribution in [0.4, 0.5) is 4.39 Å². The molecule has 0 saturated carbocycles. The van der Waals surface area contributed by atoms with Crippen LogP contribution >= 0.6 is 0 Å². The lowest BCUT2D eigenvalue weighted by Crippen LogP contribution is -2.18. The topological polar surface area (TPSA) is 61.5 Å². The van der Waals surface area contributed by atoms with E-state index in [1.54, 1.807) is 32.9 Å². The molecule has 1 atom stereocenters. The molecule has 2 N–H and O–H groups in total. The average Bonchev–Trinajstić information content (AvgIpc) is 2.25. The molecule has 18 heavy (non-hydrogen) atoms. The van der Waals surface area contributed by atoms with Gasteiger partial charge in [-0.2, -0.15) is 0 Å². The minimum absolute atomic E-state index is 0.196. The van der Waals surface area contributed by atoms with E-state index in [2.05, 4.69) is 0 Å². The normalized spacial score (nSPS) is 12.3. The molecular formula is C13H18FNO3. The highest BCUT2D eigenvalue weighted by molar-refractivity contribution is 5.71. The van der Waals surface area contributed by atoms with Crippen LogP contribution in [0.3, 0.4) is 0 Å². The van der Waals surface area contributed by atoms with Gasteiger partial charge in [-0.3, -0.25) is 0 Å². The Hall–Kier alpha value is -1.62. The van der Waals surface area contributed by atoms with Gasteiger partial charge in [0, 0.05) is 17.7 Å². The fourth-order valence-corrected chi connectivity index (χ4v) is 1.41. The largest absolute Gasteiger partial charge is 0.482 e. The van der Waals surface area contributed by atoms with Gasteiger partial charge in [0.15, 0.2) is 6.61 Å². The predicted octanol–water partition coefficient (Wildman–Crippen LogP) is 2.18.